The predicted molar refractivity (Wildman–Crippen MR) is 409 cm³/mol. The SMILES string of the molecule is CCCCCCCCCCCCCCCCCCCC(=O)OC[C@H](COP(=O)(O)OC[C@@H](O)COP(=O)(O)OC[C@@H](COC(=O)CCCCCCCCCCCCCC)OC(=O)CCCCCCCCCCCCCC(C)C)OC(=O)CCCCCCCCCCCCCCCCC(C)C. The molecule has 0 aliphatic carbocycles. The summed E-state index contributed by atoms with van der Waals surface area (Å²) >= 11 is 0. The highest BCUT2D eigenvalue weighted by atomic mass is 31.2. The fourth-order valence-corrected chi connectivity index (χ4v) is 14.1. The zero-order valence-corrected chi connectivity index (χ0v) is 67.3. The third-order valence-corrected chi connectivity index (χ3v) is 20.9. The van der Waals surface area contributed by atoms with E-state index in [1.807, 2.05) is 0 Å². The lowest BCUT2D eigenvalue weighted by Crippen LogP contribution is -2.30. The Bertz CT molecular complexity index is 1920. The molecule has 5 atom stereocenters. The molecule has 0 fully saturated rings. The third kappa shape index (κ3) is 74.3. The van der Waals surface area contributed by atoms with Crippen LogP contribution in [0, 0.1) is 11.8 Å². The molecule has 0 rings (SSSR count). The van der Waals surface area contributed by atoms with Gasteiger partial charge in [-0.2, -0.15) is 0 Å². The maximum absolute atomic E-state index is 13.1. The summed E-state index contributed by atoms with van der Waals surface area (Å²) in [4.78, 5) is 73.1. The molecule has 0 saturated heterocycles. The third-order valence-electron chi connectivity index (χ3n) is 19.0. The summed E-state index contributed by atoms with van der Waals surface area (Å²) in [7, 11) is -9.92. The highest BCUT2D eigenvalue weighted by Crippen LogP contribution is 2.45. The van der Waals surface area contributed by atoms with E-state index in [9.17, 15) is 43.2 Å². The maximum atomic E-state index is 13.1. The fraction of sp³-hybridized carbons (Fsp3) is 0.951. The largest absolute Gasteiger partial charge is 0.472 e. The van der Waals surface area contributed by atoms with E-state index in [2.05, 4.69) is 41.5 Å². The molecule has 0 aliphatic rings. The lowest BCUT2D eigenvalue weighted by atomic mass is 10.0. The van der Waals surface area contributed by atoms with Gasteiger partial charge in [0.1, 0.15) is 19.3 Å². The van der Waals surface area contributed by atoms with Crippen LogP contribution in [0.2, 0.25) is 0 Å². The Labute approximate surface area is 613 Å². The smallest absolute Gasteiger partial charge is 0.462 e. The molecule has 100 heavy (non-hydrogen) atoms. The maximum Gasteiger partial charge on any atom is 0.472 e. The minimum atomic E-state index is -4.96. The number of rotatable bonds is 80. The van der Waals surface area contributed by atoms with Crippen LogP contribution < -0.4 is 0 Å². The van der Waals surface area contributed by atoms with Crippen LogP contribution in [0.4, 0.5) is 0 Å². The number of hydrogen-bond donors (Lipinski definition) is 3. The second kappa shape index (κ2) is 72.6. The first-order valence-corrected chi connectivity index (χ1v) is 45.0. The standard InChI is InChI=1S/C81H158O17P2/c1-7-9-11-13-15-17-19-21-22-23-24-28-34-40-46-52-58-64-79(84)92-70-76(97-80(85)65-59-53-47-41-35-29-26-25-27-31-37-43-49-55-61-73(3)4)71-95-99(87,88)93-67-75(82)68-94-100(89,90)96-72-77(69-91-78(83)63-57-51-45-39-33-20-18-16-14-12-10-8-2)98-81(86)66-60-54-48-42-36-30-32-38-44-50-56-62-74(5)6/h73-77,82H,7-72H2,1-6H3,(H,87,88)(H,89,90)/t75-,76-,77-/m1/s1. The topological polar surface area (TPSA) is 237 Å². The van der Waals surface area contributed by atoms with Gasteiger partial charge in [0.15, 0.2) is 12.2 Å². The molecule has 0 amide bonds. The van der Waals surface area contributed by atoms with Crippen LogP contribution in [-0.2, 0) is 65.4 Å². The summed E-state index contributed by atoms with van der Waals surface area (Å²) in [6.07, 6.45) is 62.3. The van der Waals surface area contributed by atoms with Crippen LogP contribution in [0.3, 0.4) is 0 Å². The average molecular weight is 1470 g/mol. The van der Waals surface area contributed by atoms with Gasteiger partial charge < -0.3 is 33.8 Å². The molecule has 2 unspecified atom stereocenters. The van der Waals surface area contributed by atoms with Crippen molar-refractivity contribution in [2.75, 3.05) is 39.6 Å². The van der Waals surface area contributed by atoms with Crippen molar-refractivity contribution in [1.29, 1.82) is 0 Å². The van der Waals surface area contributed by atoms with E-state index in [0.29, 0.717) is 25.7 Å². The van der Waals surface area contributed by atoms with E-state index in [0.717, 1.165) is 102 Å². The van der Waals surface area contributed by atoms with Gasteiger partial charge in [-0.1, -0.05) is 375 Å². The normalized spacial score (nSPS) is 13.9. The van der Waals surface area contributed by atoms with Crippen molar-refractivity contribution < 1.29 is 80.2 Å². The second-order valence-corrected chi connectivity index (χ2v) is 33.0. The minimum absolute atomic E-state index is 0.107. The molecule has 17 nitrogen and oxygen atoms in total. The van der Waals surface area contributed by atoms with Crippen molar-refractivity contribution in [2.45, 2.75) is 445 Å². The minimum Gasteiger partial charge on any atom is -0.462 e. The van der Waals surface area contributed by atoms with E-state index in [-0.39, 0.29) is 25.7 Å². The monoisotopic (exact) mass is 1470 g/mol. The zero-order valence-electron chi connectivity index (χ0n) is 65.5. The Morgan fingerprint density at radius 1 is 0.270 bits per heavy atom. The molecule has 3 N–H and O–H groups in total. The summed E-state index contributed by atoms with van der Waals surface area (Å²) in [5.74, 6) is -0.546. The van der Waals surface area contributed by atoms with Crippen molar-refractivity contribution in [1.82, 2.24) is 0 Å². The Balaban J connectivity index is 5.26. The van der Waals surface area contributed by atoms with E-state index in [1.165, 1.54) is 244 Å². The summed E-state index contributed by atoms with van der Waals surface area (Å²) < 4.78 is 68.8. The Morgan fingerprint density at radius 2 is 0.460 bits per heavy atom. The zero-order chi connectivity index (χ0) is 73.5. The number of aliphatic hydroxyl groups is 1. The molecule has 0 heterocycles. The highest BCUT2D eigenvalue weighted by Gasteiger charge is 2.30. The van der Waals surface area contributed by atoms with Crippen LogP contribution in [0.25, 0.3) is 0 Å². The average Bonchev–Trinajstić information content (AvgIpc) is 1.02. The van der Waals surface area contributed by atoms with Gasteiger partial charge >= 0.3 is 39.5 Å². The van der Waals surface area contributed by atoms with E-state index in [4.69, 9.17) is 37.0 Å². The molecule has 19 heteroatoms. The number of esters is 4. The number of phosphoric acid groups is 2. The van der Waals surface area contributed by atoms with Gasteiger partial charge in [-0.25, -0.2) is 9.13 Å². The van der Waals surface area contributed by atoms with E-state index in [1.54, 1.807) is 0 Å². The van der Waals surface area contributed by atoms with Crippen LogP contribution in [0.1, 0.15) is 427 Å². The predicted octanol–water partition coefficient (Wildman–Crippen LogP) is 24.3. The summed E-state index contributed by atoms with van der Waals surface area (Å²) in [6.45, 7) is 9.66. The molecule has 0 aromatic rings. The molecule has 0 aliphatic heterocycles. The van der Waals surface area contributed by atoms with Crippen molar-refractivity contribution in [3.63, 3.8) is 0 Å². The van der Waals surface area contributed by atoms with Gasteiger partial charge in [0.2, 0.25) is 0 Å². The van der Waals surface area contributed by atoms with E-state index >= 15 is 0 Å². The second-order valence-electron chi connectivity index (χ2n) is 30.1. The van der Waals surface area contributed by atoms with Crippen LogP contribution in [0.15, 0.2) is 0 Å². The molecular weight excluding hydrogens is 1310 g/mol. The van der Waals surface area contributed by atoms with Gasteiger partial charge in [0.05, 0.1) is 26.4 Å². The first-order valence-electron chi connectivity index (χ1n) is 42.0. The number of carbonyl (C=O) groups excluding carboxylic acids is 4. The van der Waals surface area contributed by atoms with Crippen molar-refractivity contribution >= 4 is 39.5 Å². The molecular formula is C81H158O17P2. The number of phosphoric ester groups is 2. The van der Waals surface area contributed by atoms with Crippen molar-refractivity contribution in [2.24, 2.45) is 11.8 Å². The molecule has 0 aromatic carbocycles. The number of hydrogen-bond acceptors (Lipinski definition) is 15. The molecule has 0 aromatic heterocycles. The Kier molecular flexibility index (Phi) is 71.2. The van der Waals surface area contributed by atoms with Crippen molar-refractivity contribution in [3.8, 4) is 0 Å². The first-order chi connectivity index (χ1) is 48.4. The first kappa shape index (κ1) is 98.1. The van der Waals surface area contributed by atoms with Crippen LogP contribution in [-0.4, -0.2) is 96.7 Å². The molecule has 0 radical (unpaired) electrons. The van der Waals surface area contributed by atoms with Crippen LogP contribution >= 0.6 is 15.6 Å². The fourth-order valence-electron chi connectivity index (χ4n) is 12.5. The number of carbonyl (C=O) groups is 4. The number of aliphatic hydroxyl groups excluding tert-OH is 1. The van der Waals surface area contributed by atoms with Gasteiger partial charge in [0, 0.05) is 25.7 Å². The quantitative estimate of drug-likeness (QED) is 0.0222. The lowest BCUT2D eigenvalue weighted by molar-refractivity contribution is -0.161. The highest BCUT2D eigenvalue weighted by molar-refractivity contribution is 7.47. The summed E-state index contributed by atoms with van der Waals surface area (Å²) in [5, 5.41) is 10.6. The van der Waals surface area contributed by atoms with E-state index < -0.39 is 97.5 Å². The Morgan fingerprint density at radius 3 is 0.680 bits per heavy atom. The van der Waals surface area contributed by atoms with Gasteiger partial charge in [-0.15, -0.1) is 0 Å². The van der Waals surface area contributed by atoms with Crippen LogP contribution in [0.5, 0.6) is 0 Å². The number of unbranched alkanes of at least 4 members (excludes halogenated alkanes) is 50. The number of ether oxygens (including phenoxy) is 4. The summed E-state index contributed by atoms with van der Waals surface area (Å²) in [5.41, 5.74) is 0. The molecule has 0 saturated carbocycles. The summed E-state index contributed by atoms with van der Waals surface area (Å²) in [6, 6.07) is 0. The van der Waals surface area contributed by atoms with Gasteiger partial charge in [-0.3, -0.25) is 37.3 Å². The van der Waals surface area contributed by atoms with Gasteiger partial charge in [0.25, 0.3) is 0 Å². The Hall–Kier alpha value is -1.94. The molecule has 0 bridgehead atoms. The lowest BCUT2D eigenvalue weighted by Gasteiger charge is -2.21. The van der Waals surface area contributed by atoms with Gasteiger partial charge in [-0.05, 0) is 37.5 Å². The molecule has 594 valence electrons. The van der Waals surface area contributed by atoms with Crippen molar-refractivity contribution in [3.05, 3.63) is 0 Å². The molecule has 0 spiro atoms.